The molecule has 3 N–H and O–H groups in total. The minimum atomic E-state index is -0.372. The molecule has 0 atom stereocenters. The van der Waals surface area contributed by atoms with Crippen molar-refractivity contribution in [3.05, 3.63) is 77.5 Å². The first-order valence-electron chi connectivity index (χ1n) is 8.28. The molecule has 1 heterocycles. The summed E-state index contributed by atoms with van der Waals surface area (Å²) in [5, 5.41) is 5.13. The summed E-state index contributed by atoms with van der Waals surface area (Å²) in [6.45, 7) is 0.365. The molecule has 136 valence electrons. The van der Waals surface area contributed by atoms with E-state index in [2.05, 4.69) is 25.2 Å². The summed E-state index contributed by atoms with van der Waals surface area (Å²) < 4.78 is 4.66. The summed E-state index contributed by atoms with van der Waals surface area (Å²) in [7, 11) is 1.35. The lowest BCUT2D eigenvalue weighted by Crippen LogP contribution is -2.27. The van der Waals surface area contributed by atoms with Crippen molar-refractivity contribution < 1.29 is 9.53 Å². The zero-order valence-corrected chi connectivity index (χ0v) is 14.8. The largest absolute Gasteiger partial charge is 0.465 e. The van der Waals surface area contributed by atoms with Gasteiger partial charge in [0.25, 0.3) is 0 Å². The van der Waals surface area contributed by atoms with Crippen molar-refractivity contribution in [2.75, 3.05) is 7.11 Å². The molecule has 7 heteroatoms. The highest BCUT2D eigenvalue weighted by molar-refractivity contribution is 5.89. The molecule has 0 fully saturated rings. The molecule has 27 heavy (non-hydrogen) atoms. The fourth-order valence-electron chi connectivity index (χ4n) is 2.39. The number of para-hydroxylation sites is 1. The predicted molar refractivity (Wildman–Crippen MR) is 106 cm³/mol. The standard InChI is InChI=1S/C20H19N5O2/c1-27-19(26)16-8-6-14(7-9-16)12-22-20(21)25-23-13-17-11-10-15-4-2-3-5-18(15)24-17/h2-11,13H,12H2,1H3,(H3,21,22,25)/b23-13+. The van der Waals surface area contributed by atoms with Crippen LogP contribution in [-0.2, 0) is 11.3 Å². The third kappa shape index (κ3) is 4.88. The third-order valence-electron chi connectivity index (χ3n) is 3.80. The van der Waals surface area contributed by atoms with Gasteiger partial charge < -0.3 is 10.5 Å². The number of carbonyl (C=O) groups is 1. The lowest BCUT2D eigenvalue weighted by atomic mass is 10.1. The fraction of sp³-hybridized carbons (Fsp3) is 0.100. The van der Waals surface area contributed by atoms with Crippen LogP contribution in [0.2, 0.25) is 0 Å². The average Bonchev–Trinajstić information content (AvgIpc) is 2.72. The molecule has 2 aromatic carbocycles. The van der Waals surface area contributed by atoms with Gasteiger partial charge in [-0.15, -0.1) is 0 Å². The van der Waals surface area contributed by atoms with Gasteiger partial charge >= 0.3 is 5.97 Å². The van der Waals surface area contributed by atoms with Crippen molar-refractivity contribution in [2.45, 2.75) is 6.54 Å². The molecule has 0 unspecified atom stereocenters. The number of guanidine groups is 1. The number of aliphatic imine (C=N–C) groups is 1. The summed E-state index contributed by atoms with van der Waals surface area (Å²) in [5.74, 6) is -0.188. The number of nitrogens with one attached hydrogen (secondary N) is 1. The van der Waals surface area contributed by atoms with Crippen LogP contribution >= 0.6 is 0 Å². The highest BCUT2D eigenvalue weighted by atomic mass is 16.5. The molecule has 0 spiro atoms. The number of nitrogens with zero attached hydrogens (tertiary/aromatic N) is 3. The fourth-order valence-corrected chi connectivity index (χ4v) is 2.39. The van der Waals surface area contributed by atoms with E-state index in [-0.39, 0.29) is 11.9 Å². The Kier molecular flexibility index (Phi) is 5.73. The Balaban J connectivity index is 1.56. The number of esters is 1. The molecule has 0 saturated carbocycles. The number of ether oxygens (including phenoxy) is 1. The second-order valence-electron chi connectivity index (χ2n) is 5.69. The van der Waals surface area contributed by atoms with Crippen LogP contribution in [0.1, 0.15) is 21.6 Å². The molecule has 0 aliphatic carbocycles. The maximum Gasteiger partial charge on any atom is 0.337 e. The number of rotatable bonds is 5. The van der Waals surface area contributed by atoms with Crippen molar-refractivity contribution in [3.8, 4) is 0 Å². The Morgan fingerprint density at radius 2 is 1.93 bits per heavy atom. The number of carbonyl (C=O) groups excluding carboxylic acids is 1. The highest BCUT2D eigenvalue weighted by Gasteiger charge is 2.03. The molecule has 3 aromatic rings. The average molecular weight is 361 g/mol. The molecule has 1 aromatic heterocycles. The van der Waals surface area contributed by atoms with E-state index in [9.17, 15) is 4.79 Å². The zero-order chi connectivity index (χ0) is 19.1. The predicted octanol–water partition coefficient (Wildman–Crippen LogP) is 2.46. The van der Waals surface area contributed by atoms with E-state index in [4.69, 9.17) is 5.73 Å². The minimum absolute atomic E-state index is 0.184. The Bertz CT molecular complexity index is 997. The van der Waals surface area contributed by atoms with Crippen molar-refractivity contribution in [2.24, 2.45) is 15.8 Å². The van der Waals surface area contributed by atoms with Crippen molar-refractivity contribution in [1.82, 2.24) is 10.4 Å². The van der Waals surface area contributed by atoms with Gasteiger partial charge in [0.15, 0.2) is 0 Å². The van der Waals surface area contributed by atoms with Crippen LogP contribution in [0.3, 0.4) is 0 Å². The van der Waals surface area contributed by atoms with Gasteiger partial charge in [0.05, 0.1) is 36.6 Å². The van der Waals surface area contributed by atoms with E-state index in [1.807, 2.05) is 36.4 Å². The molecule has 7 nitrogen and oxygen atoms in total. The first-order valence-corrected chi connectivity index (χ1v) is 8.28. The number of benzene rings is 2. The number of hydrazone groups is 1. The number of hydrogen-bond donors (Lipinski definition) is 2. The first-order chi connectivity index (χ1) is 13.2. The van der Waals surface area contributed by atoms with Crippen molar-refractivity contribution in [3.63, 3.8) is 0 Å². The Labute approximate surface area is 156 Å². The van der Waals surface area contributed by atoms with Gasteiger partial charge in [0, 0.05) is 5.39 Å². The van der Waals surface area contributed by atoms with Crippen LogP contribution in [-0.4, -0.2) is 30.2 Å². The molecular formula is C20H19N5O2. The van der Waals surface area contributed by atoms with Crippen LogP contribution in [0.5, 0.6) is 0 Å². The van der Waals surface area contributed by atoms with E-state index in [0.717, 1.165) is 16.5 Å². The number of hydrogen-bond acceptors (Lipinski definition) is 5. The molecular weight excluding hydrogens is 342 g/mol. The van der Waals surface area contributed by atoms with Gasteiger partial charge in [-0.3, -0.25) is 0 Å². The molecule has 0 aliphatic heterocycles. The number of pyridine rings is 1. The molecule has 0 saturated heterocycles. The van der Waals surface area contributed by atoms with E-state index in [1.54, 1.807) is 30.5 Å². The number of nitrogens with two attached hydrogens (primary N) is 1. The summed E-state index contributed by atoms with van der Waals surface area (Å²) in [6.07, 6.45) is 1.58. The highest BCUT2D eigenvalue weighted by Crippen LogP contribution is 2.10. The topological polar surface area (TPSA) is 102 Å². The number of methoxy groups -OCH3 is 1. The van der Waals surface area contributed by atoms with Crippen LogP contribution in [0.25, 0.3) is 10.9 Å². The van der Waals surface area contributed by atoms with Gasteiger partial charge in [-0.1, -0.05) is 36.4 Å². The van der Waals surface area contributed by atoms with E-state index in [0.29, 0.717) is 17.8 Å². The molecule has 0 bridgehead atoms. The van der Waals surface area contributed by atoms with E-state index < -0.39 is 0 Å². The van der Waals surface area contributed by atoms with Gasteiger partial charge in [-0.25, -0.2) is 20.2 Å². The van der Waals surface area contributed by atoms with Crippen LogP contribution in [0.4, 0.5) is 0 Å². The summed E-state index contributed by atoms with van der Waals surface area (Å²) in [5.41, 5.74) is 11.5. The lowest BCUT2D eigenvalue weighted by molar-refractivity contribution is 0.0600. The van der Waals surface area contributed by atoms with Crippen LogP contribution < -0.4 is 11.2 Å². The lowest BCUT2D eigenvalue weighted by Gasteiger charge is -2.02. The zero-order valence-electron chi connectivity index (χ0n) is 14.8. The van der Waals surface area contributed by atoms with Crippen molar-refractivity contribution in [1.29, 1.82) is 0 Å². The van der Waals surface area contributed by atoms with Gasteiger partial charge in [0.1, 0.15) is 0 Å². The van der Waals surface area contributed by atoms with Crippen LogP contribution in [0.15, 0.2) is 70.8 Å². The van der Waals surface area contributed by atoms with Gasteiger partial charge in [0.2, 0.25) is 5.96 Å². The molecule has 3 rings (SSSR count). The van der Waals surface area contributed by atoms with Crippen LogP contribution in [0, 0.1) is 0 Å². The normalized spacial score (nSPS) is 11.7. The first kappa shape index (κ1) is 18.1. The van der Waals surface area contributed by atoms with Gasteiger partial charge in [-0.05, 0) is 29.8 Å². The maximum atomic E-state index is 11.4. The Hall–Kier alpha value is -3.74. The maximum absolute atomic E-state index is 11.4. The SMILES string of the molecule is COC(=O)c1ccc(CN=C(N)N/N=C/c2ccc3ccccc3n2)cc1. The van der Waals surface area contributed by atoms with Gasteiger partial charge in [-0.2, -0.15) is 5.10 Å². The summed E-state index contributed by atoms with van der Waals surface area (Å²) in [4.78, 5) is 20.1. The minimum Gasteiger partial charge on any atom is -0.465 e. The smallest absolute Gasteiger partial charge is 0.337 e. The monoisotopic (exact) mass is 361 g/mol. The Morgan fingerprint density at radius 3 is 2.70 bits per heavy atom. The second kappa shape index (κ2) is 8.57. The number of fused-ring (bicyclic) bond motifs is 1. The molecule has 0 aliphatic rings. The summed E-state index contributed by atoms with van der Waals surface area (Å²) >= 11 is 0. The quantitative estimate of drug-likeness (QED) is 0.315. The van der Waals surface area contributed by atoms with E-state index >= 15 is 0 Å². The molecule has 0 amide bonds. The summed E-state index contributed by atoms with van der Waals surface area (Å²) in [6, 6.07) is 18.7. The van der Waals surface area contributed by atoms with Crippen molar-refractivity contribution >= 4 is 29.0 Å². The third-order valence-corrected chi connectivity index (χ3v) is 3.80. The Morgan fingerprint density at radius 1 is 1.15 bits per heavy atom. The molecule has 0 radical (unpaired) electrons. The number of aromatic nitrogens is 1. The second-order valence-corrected chi connectivity index (χ2v) is 5.69. The van der Waals surface area contributed by atoms with E-state index in [1.165, 1.54) is 7.11 Å².